The van der Waals surface area contributed by atoms with Gasteiger partial charge in [-0.2, -0.15) is 0 Å². The standard InChI is InChI=1S/C25H28N4O5/c1-2-32-25(31)20(11-18-10-16-9-15(23(26)27)5-8-22(16)34-18)14-3-6-17(7-4-14)33-19-12-21(24(28)30)29-13-19/h3-10,19-21,29H,2,11-13H2,1H3,(H3,26,27)(H2,28,30)/t19-,20?,21-/m0/s1. The van der Waals surface area contributed by atoms with Crippen molar-refractivity contribution in [1.29, 1.82) is 5.41 Å². The third kappa shape index (κ3) is 5.20. The number of ether oxygens (including phenoxy) is 2. The maximum Gasteiger partial charge on any atom is 0.313 e. The Bertz CT molecular complexity index is 1200. The highest BCUT2D eigenvalue weighted by Crippen LogP contribution is 2.29. The lowest BCUT2D eigenvalue weighted by Crippen LogP contribution is -2.36. The first kappa shape index (κ1) is 23.3. The molecule has 6 N–H and O–H groups in total. The number of nitrogens with two attached hydrogens (primary N) is 2. The second-order valence-electron chi connectivity index (χ2n) is 8.30. The fourth-order valence-corrected chi connectivity index (χ4v) is 4.13. The topological polar surface area (TPSA) is 154 Å². The van der Waals surface area contributed by atoms with Crippen LogP contribution in [0.25, 0.3) is 11.0 Å². The zero-order valence-electron chi connectivity index (χ0n) is 18.9. The average Bonchev–Trinajstić information content (AvgIpc) is 3.44. The quantitative estimate of drug-likeness (QED) is 0.215. The summed E-state index contributed by atoms with van der Waals surface area (Å²) in [7, 11) is 0. The van der Waals surface area contributed by atoms with Gasteiger partial charge in [0.1, 0.15) is 29.0 Å². The lowest BCUT2D eigenvalue weighted by molar-refractivity contribution is -0.145. The lowest BCUT2D eigenvalue weighted by atomic mass is 9.94. The molecule has 0 aliphatic carbocycles. The molecule has 34 heavy (non-hydrogen) atoms. The van der Waals surface area contributed by atoms with Crippen molar-refractivity contribution in [1.82, 2.24) is 5.32 Å². The summed E-state index contributed by atoms with van der Waals surface area (Å²) >= 11 is 0. The highest BCUT2D eigenvalue weighted by atomic mass is 16.5. The molecule has 9 nitrogen and oxygen atoms in total. The van der Waals surface area contributed by atoms with Gasteiger partial charge in [-0.05, 0) is 48.9 Å². The van der Waals surface area contributed by atoms with Crippen LogP contribution in [0.3, 0.4) is 0 Å². The number of nitrogens with one attached hydrogen (secondary N) is 2. The number of hydrogen-bond donors (Lipinski definition) is 4. The second kappa shape index (κ2) is 9.96. The van der Waals surface area contributed by atoms with Gasteiger partial charge >= 0.3 is 5.97 Å². The van der Waals surface area contributed by atoms with Gasteiger partial charge in [0.15, 0.2) is 0 Å². The average molecular weight is 465 g/mol. The van der Waals surface area contributed by atoms with Crippen LogP contribution in [0, 0.1) is 5.41 Å². The van der Waals surface area contributed by atoms with Crippen LogP contribution in [-0.2, 0) is 20.7 Å². The van der Waals surface area contributed by atoms with E-state index < -0.39 is 5.92 Å². The number of nitrogen functional groups attached to an aromatic ring is 1. The van der Waals surface area contributed by atoms with Gasteiger partial charge in [-0.1, -0.05) is 12.1 Å². The number of furan rings is 1. The van der Waals surface area contributed by atoms with Crippen LogP contribution in [0.1, 0.15) is 36.1 Å². The predicted octanol–water partition coefficient (Wildman–Crippen LogP) is 2.20. The van der Waals surface area contributed by atoms with Gasteiger partial charge < -0.3 is 30.7 Å². The molecule has 0 spiro atoms. The summed E-state index contributed by atoms with van der Waals surface area (Å²) in [6.45, 7) is 2.58. The van der Waals surface area contributed by atoms with E-state index in [-0.39, 0.29) is 36.5 Å². The molecule has 3 aromatic rings. The maximum atomic E-state index is 12.8. The number of rotatable bonds is 9. The van der Waals surface area contributed by atoms with E-state index >= 15 is 0 Å². The molecule has 1 aromatic heterocycles. The van der Waals surface area contributed by atoms with Crippen molar-refractivity contribution < 1.29 is 23.5 Å². The van der Waals surface area contributed by atoms with E-state index in [0.717, 1.165) is 10.9 Å². The smallest absolute Gasteiger partial charge is 0.313 e. The van der Waals surface area contributed by atoms with Gasteiger partial charge in [-0.15, -0.1) is 0 Å². The molecule has 1 unspecified atom stereocenters. The van der Waals surface area contributed by atoms with Crippen molar-refractivity contribution in [2.45, 2.75) is 37.8 Å². The zero-order chi connectivity index (χ0) is 24.2. The molecule has 2 aromatic carbocycles. The van der Waals surface area contributed by atoms with Crippen LogP contribution in [-0.4, -0.2) is 43.0 Å². The normalized spacial score (nSPS) is 18.5. The molecule has 178 valence electrons. The number of carbonyl (C=O) groups excluding carboxylic acids is 2. The van der Waals surface area contributed by atoms with E-state index in [9.17, 15) is 9.59 Å². The van der Waals surface area contributed by atoms with Crippen LogP contribution >= 0.6 is 0 Å². The number of benzene rings is 2. The van der Waals surface area contributed by atoms with E-state index in [0.29, 0.717) is 42.0 Å². The summed E-state index contributed by atoms with van der Waals surface area (Å²) in [6, 6.07) is 14.0. The first-order chi connectivity index (χ1) is 16.3. The molecule has 2 heterocycles. The highest BCUT2D eigenvalue weighted by molar-refractivity contribution is 5.98. The highest BCUT2D eigenvalue weighted by Gasteiger charge is 2.29. The minimum atomic E-state index is -0.561. The maximum absolute atomic E-state index is 12.8. The van der Waals surface area contributed by atoms with Gasteiger partial charge in [0.05, 0.1) is 18.6 Å². The molecule has 1 amide bonds. The first-order valence-corrected chi connectivity index (χ1v) is 11.2. The fraction of sp³-hybridized carbons (Fsp3) is 0.320. The van der Waals surface area contributed by atoms with Crippen LogP contribution in [0.15, 0.2) is 52.9 Å². The van der Waals surface area contributed by atoms with Crippen molar-refractivity contribution in [2.24, 2.45) is 11.5 Å². The van der Waals surface area contributed by atoms with Gasteiger partial charge in [0.25, 0.3) is 0 Å². The number of amidine groups is 1. The summed E-state index contributed by atoms with van der Waals surface area (Å²) in [6.07, 6.45) is 0.676. The van der Waals surface area contributed by atoms with Gasteiger partial charge in [0, 0.05) is 30.3 Å². The minimum Gasteiger partial charge on any atom is -0.489 e. The fourth-order valence-electron chi connectivity index (χ4n) is 4.13. The summed E-state index contributed by atoms with van der Waals surface area (Å²) in [5, 5.41) is 11.5. The predicted molar refractivity (Wildman–Crippen MR) is 127 cm³/mol. The van der Waals surface area contributed by atoms with Crippen LogP contribution in [0.4, 0.5) is 0 Å². The number of fused-ring (bicyclic) bond motifs is 1. The molecule has 0 bridgehead atoms. The van der Waals surface area contributed by atoms with Crippen molar-refractivity contribution in [2.75, 3.05) is 13.2 Å². The Morgan fingerprint density at radius 3 is 2.59 bits per heavy atom. The molecular formula is C25H28N4O5. The van der Waals surface area contributed by atoms with E-state index in [1.165, 1.54) is 0 Å². The van der Waals surface area contributed by atoms with Crippen molar-refractivity contribution >= 4 is 28.7 Å². The second-order valence-corrected chi connectivity index (χ2v) is 8.30. The number of primary amides is 1. The first-order valence-electron chi connectivity index (χ1n) is 11.2. The van der Waals surface area contributed by atoms with Crippen LogP contribution < -0.4 is 21.5 Å². The molecule has 3 atom stereocenters. The van der Waals surface area contributed by atoms with Crippen LogP contribution in [0.5, 0.6) is 5.75 Å². The molecule has 1 saturated heterocycles. The molecule has 4 rings (SSSR count). The van der Waals surface area contributed by atoms with Crippen molar-refractivity contribution in [3.05, 3.63) is 65.4 Å². The SMILES string of the molecule is CCOC(=O)C(Cc1cc2cc(C(=N)N)ccc2o1)c1ccc(O[C@@H]2CN[C@H](C(N)=O)C2)cc1. The Kier molecular flexibility index (Phi) is 6.83. The zero-order valence-corrected chi connectivity index (χ0v) is 18.9. The Balaban J connectivity index is 1.51. The van der Waals surface area contributed by atoms with Gasteiger partial charge in [-0.3, -0.25) is 15.0 Å². The molecule has 0 radical (unpaired) electrons. The van der Waals surface area contributed by atoms with Crippen molar-refractivity contribution in [3.8, 4) is 5.75 Å². The lowest BCUT2D eigenvalue weighted by Gasteiger charge is -2.17. The Morgan fingerprint density at radius 1 is 1.18 bits per heavy atom. The van der Waals surface area contributed by atoms with E-state index in [4.69, 9.17) is 30.8 Å². The third-order valence-electron chi connectivity index (χ3n) is 5.87. The third-order valence-corrected chi connectivity index (χ3v) is 5.87. The van der Waals surface area contributed by atoms with E-state index in [2.05, 4.69) is 5.32 Å². The molecule has 1 aliphatic heterocycles. The number of esters is 1. The molecule has 0 saturated carbocycles. The summed E-state index contributed by atoms with van der Waals surface area (Å²) < 4.78 is 17.2. The summed E-state index contributed by atoms with van der Waals surface area (Å²) in [5.41, 5.74) is 13.0. The van der Waals surface area contributed by atoms with Crippen LogP contribution in [0.2, 0.25) is 0 Å². The monoisotopic (exact) mass is 464 g/mol. The van der Waals surface area contributed by atoms with E-state index in [1.807, 2.05) is 18.2 Å². The largest absolute Gasteiger partial charge is 0.489 e. The minimum absolute atomic E-state index is 0.0186. The Morgan fingerprint density at radius 2 is 1.94 bits per heavy atom. The number of hydrogen-bond acceptors (Lipinski definition) is 7. The Hall–Kier alpha value is -3.85. The Labute approximate surface area is 196 Å². The van der Waals surface area contributed by atoms with Gasteiger partial charge in [0.2, 0.25) is 5.91 Å². The summed E-state index contributed by atoms with van der Waals surface area (Å²) in [5.74, 6) is -0.0383. The number of amides is 1. The molecule has 9 heteroatoms. The summed E-state index contributed by atoms with van der Waals surface area (Å²) in [4.78, 5) is 24.1. The number of carbonyl (C=O) groups is 2. The van der Waals surface area contributed by atoms with E-state index in [1.54, 1.807) is 37.3 Å². The van der Waals surface area contributed by atoms with Crippen molar-refractivity contribution in [3.63, 3.8) is 0 Å². The molecule has 1 fully saturated rings. The molecule has 1 aliphatic rings. The van der Waals surface area contributed by atoms with Gasteiger partial charge in [-0.25, -0.2) is 0 Å². The molecular weight excluding hydrogens is 436 g/mol.